The average molecular weight is 249 g/mol. The molecule has 1 aromatic carbocycles. The second-order valence-corrected chi connectivity index (χ2v) is 5.75. The molecule has 0 amide bonds. The molecule has 0 spiro atoms. The number of benzene rings is 1. The number of aromatic hydroxyl groups is 1. The van der Waals surface area contributed by atoms with Gasteiger partial charge in [0.25, 0.3) is 0 Å². The first-order valence-electron chi connectivity index (χ1n) is 6.66. The van der Waals surface area contributed by atoms with Crippen molar-refractivity contribution in [1.82, 2.24) is 5.32 Å². The van der Waals surface area contributed by atoms with Gasteiger partial charge in [0.05, 0.1) is 5.60 Å². The molecule has 1 aliphatic heterocycles. The van der Waals surface area contributed by atoms with Crippen molar-refractivity contribution in [2.45, 2.75) is 51.3 Å². The van der Waals surface area contributed by atoms with Gasteiger partial charge in [0.15, 0.2) is 0 Å². The molecule has 1 saturated heterocycles. The molecule has 0 aromatic heterocycles. The van der Waals surface area contributed by atoms with Crippen LogP contribution >= 0.6 is 0 Å². The SMILES string of the molecule is CC(NC1CCOC(C)(C)C1)c1ccccc1O. The molecular weight excluding hydrogens is 226 g/mol. The van der Waals surface area contributed by atoms with E-state index in [4.69, 9.17) is 4.74 Å². The Morgan fingerprint density at radius 1 is 1.39 bits per heavy atom. The largest absolute Gasteiger partial charge is 0.508 e. The van der Waals surface area contributed by atoms with Gasteiger partial charge in [0, 0.05) is 24.3 Å². The van der Waals surface area contributed by atoms with Crippen LogP contribution in [0.25, 0.3) is 0 Å². The lowest BCUT2D eigenvalue weighted by molar-refractivity contribution is -0.0640. The maximum Gasteiger partial charge on any atom is 0.120 e. The number of hydrogen-bond acceptors (Lipinski definition) is 3. The molecule has 1 aromatic rings. The maximum atomic E-state index is 9.85. The van der Waals surface area contributed by atoms with E-state index in [2.05, 4.69) is 26.1 Å². The monoisotopic (exact) mass is 249 g/mol. The third-order valence-electron chi connectivity index (χ3n) is 3.59. The van der Waals surface area contributed by atoms with Gasteiger partial charge in [0.1, 0.15) is 5.75 Å². The molecule has 1 heterocycles. The molecule has 2 N–H and O–H groups in total. The minimum Gasteiger partial charge on any atom is -0.508 e. The van der Waals surface area contributed by atoms with Crippen LogP contribution in [0.1, 0.15) is 45.2 Å². The van der Waals surface area contributed by atoms with Gasteiger partial charge >= 0.3 is 0 Å². The number of nitrogens with one attached hydrogen (secondary N) is 1. The Kier molecular flexibility index (Phi) is 3.93. The lowest BCUT2D eigenvalue weighted by Gasteiger charge is -2.37. The van der Waals surface area contributed by atoms with Crippen molar-refractivity contribution in [2.24, 2.45) is 0 Å². The highest BCUT2D eigenvalue weighted by Gasteiger charge is 2.29. The molecule has 1 fully saturated rings. The quantitative estimate of drug-likeness (QED) is 0.865. The van der Waals surface area contributed by atoms with Gasteiger partial charge in [-0.3, -0.25) is 0 Å². The standard InChI is InChI=1S/C15H23NO2/c1-11(13-6-4-5-7-14(13)17)16-12-8-9-18-15(2,3)10-12/h4-7,11-12,16-17H,8-10H2,1-3H3. The molecule has 2 rings (SSSR count). The highest BCUT2D eigenvalue weighted by molar-refractivity contribution is 5.34. The molecule has 0 bridgehead atoms. The molecular formula is C15H23NO2. The van der Waals surface area contributed by atoms with E-state index in [1.165, 1.54) is 0 Å². The Labute approximate surface area is 109 Å². The minimum absolute atomic E-state index is 0.0473. The van der Waals surface area contributed by atoms with Crippen LogP contribution in [0, 0.1) is 0 Å². The molecule has 0 saturated carbocycles. The Morgan fingerprint density at radius 3 is 2.78 bits per heavy atom. The predicted molar refractivity (Wildman–Crippen MR) is 72.7 cm³/mol. The topological polar surface area (TPSA) is 41.5 Å². The number of rotatable bonds is 3. The van der Waals surface area contributed by atoms with Crippen LogP contribution in [-0.2, 0) is 4.74 Å². The van der Waals surface area contributed by atoms with Gasteiger partial charge in [-0.05, 0) is 39.7 Å². The van der Waals surface area contributed by atoms with E-state index in [1.54, 1.807) is 6.07 Å². The normalized spacial score (nSPS) is 24.7. The first kappa shape index (κ1) is 13.4. The summed E-state index contributed by atoms with van der Waals surface area (Å²) >= 11 is 0. The molecule has 100 valence electrons. The maximum absolute atomic E-state index is 9.85. The fourth-order valence-corrected chi connectivity index (χ4v) is 2.67. The van der Waals surface area contributed by atoms with Gasteiger partial charge < -0.3 is 15.2 Å². The Balaban J connectivity index is 1.99. The van der Waals surface area contributed by atoms with E-state index < -0.39 is 0 Å². The Morgan fingerprint density at radius 2 is 2.11 bits per heavy atom. The van der Waals surface area contributed by atoms with Gasteiger partial charge in [-0.15, -0.1) is 0 Å². The van der Waals surface area contributed by atoms with Gasteiger partial charge in [0.2, 0.25) is 0 Å². The van der Waals surface area contributed by atoms with Crippen LogP contribution in [0.3, 0.4) is 0 Å². The van der Waals surface area contributed by atoms with Crippen LogP contribution in [0.5, 0.6) is 5.75 Å². The van der Waals surface area contributed by atoms with E-state index in [1.807, 2.05) is 18.2 Å². The van der Waals surface area contributed by atoms with E-state index in [9.17, 15) is 5.11 Å². The molecule has 2 unspecified atom stereocenters. The number of phenols is 1. The van der Waals surface area contributed by atoms with Crippen LogP contribution in [0.15, 0.2) is 24.3 Å². The Hall–Kier alpha value is -1.06. The molecule has 2 atom stereocenters. The van der Waals surface area contributed by atoms with Crippen LogP contribution < -0.4 is 5.32 Å². The van der Waals surface area contributed by atoms with E-state index in [-0.39, 0.29) is 11.6 Å². The summed E-state index contributed by atoms with van der Waals surface area (Å²) in [5.74, 6) is 0.365. The number of para-hydroxylation sites is 1. The molecule has 3 nitrogen and oxygen atoms in total. The second kappa shape index (κ2) is 5.29. The zero-order valence-electron chi connectivity index (χ0n) is 11.4. The van der Waals surface area contributed by atoms with E-state index in [0.29, 0.717) is 11.8 Å². The van der Waals surface area contributed by atoms with Crippen molar-refractivity contribution in [1.29, 1.82) is 0 Å². The first-order chi connectivity index (χ1) is 8.48. The fraction of sp³-hybridized carbons (Fsp3) is 0.600. The zero-order chi connectivity index (χ0) is 13.2. The Bertz CT molecular complexity index is 403. The van der Waals surface area contributed by atoms with Crippen molar-refractivity contribution in [2.75, 3.05) is 6.61 Å². The number of hydrogen-bond donors (Lipinski definition) is 2. The third-order valence-corrected chi connectivity index (χ3v) is 3.59. The summed E-state index contributed by atoms with van der Waals surface area (Å²) in [6.07, 6.45) is 2.03. The highest BCUT2D eigenvalue weighted by atomic mass is 16.5. The predicted octanol–water partition coefficient (Wildman–Crippen LogP) is 3.00. The second-order valence-electron chi connectivity index (χ2n) is 5.75. The minimum atomic E-state index is -0.0473. The summed E-state index contributed by atoms with van der Waals surface area (Å²) in [4.78, 5) is 0. The summed E-state index contributed by atoms with van der Waals surface area (Å²) in [6.45, 7) is 7.16. The molecule has 1 aliphatic rings. The summed E-state index contributed by atoms with van der Waals surface area (Å²) in [7, 11) is 0. The van der Waals surface area contributed by atoms with Gasteiger partial charge in [-0.1, -0.05) is 18.2 Å². The van der Waals surface area contributed by atoms with E-state index in [0.717, 1.165) is 25.0 Å². The van der Waals surface area contributed by atoms with Crippen LogP contribution in [0.2, 0.25) is 0 Å². The average Bonchev–Trinajstić information content (AvgIpc) is 2.28. The molecule has 3 heteroatoms. The number of ether oxygens (including phenoxy) is 1. The van der Waals surface area contributed by atoms with Crippen molar-refractivity contribution in [3.05, 3.63) is 29.8 Å². The van der Waals surface area contributed by atoms with Crippen molar-refractivity contribution >= 4 is 0 Å². The van der Waals surface area contributed by atoms with Crippen molar-refractivity contribution in [3.63, 3.8) is 0 Å². The summed E-state index contributed by atoms with van der Waals surface area (Å²) in [6, 6.07) is 8.12. The van der Waals surface area contributed by atoms with Crippen molar-refractivity contribution in [3.8, 4) is 5.75 Å². The molecule has 0 aliphatic carbocycles. The van der Waals surface area contributed by atoms with E-state index >= 15 is 0 Å². The number of phenolic OH excluding ortho intramolecular Hbond substituents is 1. The van der Waals surface area contributed by atoms with Gasteiger partial charge in [-0.2, -0.15) is 0 Å². The smallest absolute Gasteiger partial charge is 0.120 e. The van der Waals surface area contributed by atoms with Crippen LogP contribution in [0.4, 0.5) is 0 Å². The summed E-state index contributed by atoms with van der Waals surface area (Å²) < 4.78 is 5.72. The van der Waals surface area contributed by atoms with Gasteiger partial charge in [-0.25, -0.2) is 0 Å². The molecule has 18 heavy (non-hydrogen) atoms. The lowest BCUT2D eigenvalue weighted by Crippen LogP contribution is -2.44. The fourth-order valence-electron chi connectivity index (χ4n) is 2.67. The first-order valence-corrected chi connectivity index (χ1v) is 6.66. The van der Waals surface area contributed by atoms with Crippen LogP contribution in [-0.4, -0.2) is 23.4 Å². The summed E-state index contributed by atoms with van der Waals surface area (Å²) in [5, 5.41) is 13.4. The zero-order valence-corrected chi connectivity index (χ0v) is 11.4. The highest BCUT2D eigenvalue weighted by Crippen LogP contribution is 2.28. The summed E-state index contributed by atoms with van der Waals surface area (Å²) in [5.41, 5.74) is 0.913. The molecule has 0 radical (unpaired) electrons. The van der Waals surface area contributed by atoms with Crippen molar-refractivity contribution < 1.29 is 9.84 Å². The lowest BCUT2D eigenvalue weighted by atomic mass is 9.93. The third kappa shape index (κ3) is 3.24.